The molecule has 10 heteroatoms. The van der Waals surface area contributed by atoms with Gasteiger partial charge in [0.05, 0.1) is 17.5 Å². The van der Waals surface area contributed by atoms with Crippen molar-refractivity contribution in [1.82, 2.24) is 4.72 Å². The molecule has 1 N–H and O–H groups in total. The zero-order valence-corrected chi connectivity index (χ0v) is 14.7. The summed E-state index contributed by atoms with van der Waals surface area (Å²) < 4.78 is 63.6. The molecule has 0 spiro atoms. The number of nitrogens with zero attached hydrogens (tertiary/aromatic N) is 3. The van der Waals surface area contributed by atoms with Crippen molar-refractivity contribution in [2.45, 2.75) is 12.2 Å². The molecule has 0 saturated carbocycles. The predicted molar refractivity (Wildman–Crippen MR) is 94.3 cm³/mol. The van der Waals surface area contributed by atoms with Crippen LogP contribution in [-0.2, 0) is 16.2 Å². The number of hydrogen-bond donors (Lipinski definition) is 1. The lowest BCUT2D eigenvalue weighted by atomic mass is 10.0. The van der Waals surface area contributed by atoms with Gasteiger partial charge in [-0.1, -0.05) is 47.3 Å². The third kappa shape index (κ3) is 6.04. The number of benzene rings is 2. The van der Waals surface area contributed by atoms with Gasteiger partial charge in [-0.3, -0.25) is 0 Å². The van der Waals surface area contributed by atoms with E-state index in [9.17, 15) is 21.6 Å². The lowest BCUT2D eigenvalue weighted by Crippen LogP contribution is -2.26. The number of rotatable bonds is 4. The summed E-state index contributed by atoms with van der Waals surface area (Å²) in [6.45, 7) is 0. The number of sulfonamides is 1. The second-order valence-corrected chi connectivity index (χ2v) is 7.20. The molecule has 0 aliphatic heterocycles. The van der Waals surface area contributed by atoms with Gasteiger partial charge in [0, 0.05) is 10.5 Å². The summed E-state index contributed by atoms with van der Waals surface area (Å²) >= 11 is 0. The first-order valence-corrected chi connectivity index (χ1v) is 9.29. The summed E-state index contributed by atoms with van der Waals surface area (Å²) in [6, 6.07) is 9.31. The molecule has 0 aliphatic rings. The first kappa shape index (κ1) is 20.3. The standard InChI is InChI=1S/C17H13F3N4O2S/c1-27(25,26)23-16(13-6-9-14(10-7-13)17(18,19)20)11-8-12-4-2-3-5-15(12)22-24-21/h2-7,9-10,16,23H,1H3. The number of nitrogens with one attached hydrogen (secondary N) is 1. The molecule has 27 heavy (non-hydrogen) atoms. The van der Waals surface area contributed by atoms with Gasteiger partial charge in [-0.15, -0.1) is 0 Å². The molecule has 140 valence electrons. The third-order valence-electron chi connectivity index (χ3n) is 3.31. The highest BCUT2D eigenvalue weighted by Crippen LogP contribution is 2.30. The molecular weight excluding hydrogens is 381 g/mol. The number of hydrogen-bond acceptors (Lipinski definition) is 3. The molecule has 0 radical (unpaired) electrons. The molecule has 0 bridgehead atoms. The van der Waals surface area contributed by atoms with Gasteiger partial charge in [0.25, 0.3) is 0 Å². The first-order chi connectivity index (χ1) is 12.6. The normalized spacial score (nSPS) is 12.4. The van der Waals surface area contributed by atoms with Gasteiger partial charge in [-0.25, -0.2) is 8.42 Å². The lowest BCUT2D eigenvalue weighted by Gasteiger charge is -2.13. The van der Waals surface area contributed by atoms with E-state index in [1.165, 1.54) is 6.07 Å². The molecule has 0 saturated heterocycles. The van der Waals surface area contributed by atoms with Crippen molar-refractivity contribution in [2.75, 3.05) is 6.26 Å². The molecule has 6 nitrogen and oxygen atoms in total. The van der Waals surface area contributed by atoms with Crippen LogP contribution in [0, 0.1) is 11.8 Å². The van der Waals surface area contributed by atoms with Crippen molar-refractivity contribution in [1.29, 1.82) is 0 Å². The fourth-order valence-electron chi connectivity index (χ4n) is 2.12. The van der Waals surface area contributed by atoms with Crippen LogP contribution in [-0.4, -0.2) is 14.7 Å². The summed E-state index contributed by atoms with van der Waals surface area (Å²) in [5.41, 5.74) is 8.55. The Labute approximate surface area is 153 Å². The highest BCUT2D eigenvalue weighted by molar-refractivity contribution is 7.88. The van der Waals surface area contributed by atoms with E-state index >= 15 is 0 Å². The Hall–Kier alpha value is -2.99. The van der Waals surface area contributed by atoms with Gasteiger partial charge >= 0.3 is 6.18 Å². The van der Waals surface area contributed by atoms with Crippen LogP contribution < -0.4 is 4.72 Å². The number of azide groups is 1. The Morgan fingerprint density at radius 3 is 2.33 bits per heavy atom. The quantitative estimate of drug-likeness (QED) is 0.362. The molecule has 2 aromatic rings. The van der Waals surface area contributed by atoms with E-state index in [4.69, 9.17) is 5.53 Å². The zero-order chi connectivity index (χ0) is 20.1. The van der Waals surface area contributed by atoms with E-state index in [2.05, 4.69) is 26.6 Å². The average Bonchev–Trinajstić information content (AvgIpc) is 2.58. The van der Waals surface area contributed by atoms with Crippen molar-refractivity contribution in [2.24, 2.45) is 5.11 Å². The van der Waals surface area contributed by atoms with Crippen molar-refractivity contribution in [3.8, 4) is 11.8 Å². The minimum absolute atomic E-state index is 0.238. The predicted octanol–water partition coefficient (Wildman–Crippen LogP) is 4.29. The molecule has 2 rings (SSSR count). The minimum atomic E-state index is -4.50. The summed E-state index contributed by atoms with van der Waals surface area (Å²) in [6.07, 6.45) is -3.59. The maximum Gasteiger partial charge on any atom is 0.416 e. The van der Waals surface area contributed by atoms with Crippen LogP contribution in [0.5, 0.6) is 0 Å². The van der Waals surface area contributed by atoms with E-state index in [0.717, 1.165) is 30.5 Å². The Morgan fingerprint density at radius 2 is 1.78 bits per heavy atom. The second-order valence-electron chi connectivity index (χ2n) is 5.42. The Balaban J connectivity index is 2.44. The molecule has 1 atom stereocenters. The summed E-state index contributed by atoms with van der Waals surface area (Å²) in [7, 11) is -3.69. The van der Waals surface area contributed by atoms with Crippen LogP contribution in [0.4, 0.5) is 18.9 Å². The maximum absolute atomic E-state index is 12.7. The van der Waals surface area contributed by atoms with E-state index in [1.54, 1.807) is 18.2 Å². The summed E-state index contributed by atoms with van der Waals surface area (Å²) in [5.74, 6) is 5.36. The van der Waals surface area contributed by atoms with E-state index < -0.39 is 27.8 Å². The van der Waals surface area contributed by atoms with E-state index in [0.29, 0.717) is 5.56 Å². The molecule has 0 amide bonds. The lowest BCUT2D eigenvalue weighted by molar-refractivity contribution is -0.137. The van der Waals surface area contributed by atoms with Crippen LogP contribution >= 0.6 is 0 Å². The minimum Gasteiger partial charge on any atom is -0.213 e. The van der Waals surface area contributed by atoms with Crippen LogP contribution in [0.1, 0.15) is 22.7 Å². The fraction of sp³-hybridized carbons (Fsp3) is 0.176. The van der Waals surface area contributed by atoms with Gasteiger partial charge in [-0.2, -0.15) is 17.9 Å². The van der Waals surface area contributed by atoms with Crippen molar-refractivity contribution in [3.63, 3.8) is 0 Å². The van der Waals surface area contributed by atoms with Crippen molar-refractivity contribution >= 4 is 15.7 Å². The average molecular weight is 394 g/mol. The Kier molecular flexibility index (Phi) is 6.13. The highest BCUT2D eigenvalue weighted by atomic mass is 32.2. The molecule has 0 aliphatic carbocycles. The number of halogens is 3. The molecule has 2 aromatic carbocycles. The smallest absolute Gasteiger partial charge is 0.213 e. The third-order valence-corrected chi connectivity index (χ3v) is 3.97. The van der Waals surface area contributed by atoms with Gasteiger partial charge in [-0.05, 0) is 29.3 Å². The van der Waals surface area contributed by atoms with E-state index in [-0.39, 0.29) is 11.3 Å². The van der Waals surface area contributed by atoms with E-state index in [1.807, 2.05) is 0 Å². The zero-order valence-electron chi connectivity index (χ0n) is 13.9. The van der Waals surface area contributed by atoms with Gasteiger partial charge in [0.2, 0.25) is 10.0 Å². The summed E-state index contributed by atoms with van der Waals surface area (Å²) in [5, 5.41) is 3.48. The van der Waals surface area contributed by atoms with Gasteiger partial charge < -0.3 is 0 Å². The van der Waals surface area contributed by atoms with Crippen LogP contribution in [0.2, 0.25) is 0 Å². The van der Waals surface area contributed by atoms with Gasteiger partial charge in [0.15, 0.2) is 0 Å². The highest BCUT2D eigenvalue weighted by Gasteiger charge is 2.30. The molecule has 1 unspecified atom stereocenters. The maximum atomic E-state index is 12.7. The first-order valence-electron chi connectivity index (χ1n) is 7.40. The molecule has 0 fully saturated rings. The fourth-order valence-corrected chi connectivity index (χ4v) is 2.75. The Morgan fingerprint density at radius 1 is 1.15 bits per heavy atom. The van der Waals surface area contributed by atoms with Gasteiger partial charge in [0.1, 0.15) is 6.04 Å². The SMILES string of the molecule is CS(=O)(=O)NC(C#Cc1ccccc1N=[N+]=[N-])c1ccc(C(F)(F)F)cc1. The van der Waals surface area contributed by atoms with Crippen molar-refractivity contribution < 1.29 is 21.6 Å². The van der Waals surface area contributed by atoms with Crippen LogP contribution in [0.15, 0.2) is 53.6 Å². The van der Waals surface area contributed by atoms with Crippen LogP contribution in [0.3, 0.4) is 0 Å². The second kappa shape index (κ2) is 8.14. The Bertz CT molecular complexity index is 1030. The topological polar surface area (TPSA) is 94.9 Å². The monoisotopic (exact) mass is 394 g/mol. The number of alkyl halides is 3. The molecule has 0 aromatic heterocycles. The molecular formula is C17H13F3N4O2S. The van der Waals surface area contributed by atoms with Crippen molar-refractivity contribution in [3.05, 3.63) is 75.7 Å². The summed E-state index contributed by atoms with van der Waals surface area (Å²) in [4.78, 5) is 2.68. The largest absolute Gasteiger partial charge is 0.416 e. The van der Waals surface area contributed by atoms with Crippen LogP contribution in [0.25, 0.3) is 10.4 Å². The molecule has 0 heterocycles.